The van der Waals surface area contributed by atoms with Crippen molar-refractivity contribution in [3.8, 4) is 18.1 Å². The number of hydrogen-bond acceptors (Lipinski definition) is 3. The normalized spacial score (nSPS) is 12.2. The van der Waals surface area contributed by atoms with Gasteiger partial charge in [0.1, 0.15) is 11.8 Å². The quantitative estimate of drug-likeness (QED) is 0.797. The minimum Gasteiger partial charge on any atom is -0.491 e. The summed E-state index contributed by atoms with van der Waals surface area (Å²) in [6, 6.07) is 6.31. The van der Waals surface area contributed by atoms with Crippen LogP contribution in [0.25, 0.3) is 0 Å². The average Bonchev–Trinajstić information content (AvgIpc) is 2.31. The van der Waals surface area contributed by atoms with E-state index in [9.17, 15) is 9.90 Å². The minimum atomic E-state index is -0.921. The van der Waals surface area contributed by atoms with Gasteiger partial charge in [0.2, 0.25) is 0 Å². The molecule has 0 aliphatic rings. The molecular formula is C15H19NO3. The molecule has 19 heavy (non-hydrogen) atoms. The second kappa shape index (κ2) is 6.81. The number of rotatable bonds is 6. The first-order valence-corrected chi connectivity index (χ1v) is 6.08. The Morgan fingerprint density at radius 3 is 2.42 bits per heavy atom. The number of terminal acetylenes is 1. The van der Waals surface area contributed by atoms with Gasteiger partial charge in [-0.15, -0.1) is 6.42 Å². The molecule has 0 saturated heterocycles. The molecular weight excluding hydrogens is 242 g/mol. The zero-order chi connectivity index (χ0) is 14.4. The van der Waals surface area contributed by atoms with Crippen LogP contribution in [0.3, 0.4) is 0 Å². The topological polar surface area (TPSA) is 49.8 Å². The van der Waals surface area contributed by atoms with Crippen LogP contribution in [0.4, 0.5) is 0 Å². The van der Waals surface area contributed by atoms with E-state index in [2.05, 4.69) is 5.92 Å². The third-order valence-electron chi connectivity index (χ3n) is 2.58. The van der Waals surface area contributed by atoms with Crippen molar-refractivity contribution in [2.45, 2.75) is 26.0 Å². The minimum absolute atomic E-state index is 0.0882. The Hall–Kier alpha value is -1.99. The molecule has 1 aromatic rings. The monoisotopic (exact) mass is 261 g/mol. The fourth-order valence-electron chi connectivity index (χ4n) is 1.82. The van der Waals surface area contributed by atoms with Crippen molar-refractivity contribution in [2.24, 2.45) is 0 Å². The molecule has 0 fully saturated rings. The number of likely N-dealkylation sites (N-methyl/N-ethyl adjacent to an activating group) is 1. The first-order chi connectivity index (χ1) is 8.95. The average molecular weight is 261 g/mol. The van der Waals surface area contributed by atoms with Gasteiger partial charge in [-0.2, -0.15) is 0 Å². The van der Waals surface area contributed by atoms with Gasteiger partial charge in [-0.25, -0.2) is 0 Å². The maximum absolute atomic E-state index is 11.3. The maximum atomic E-state index is 11.3. The molecule has 0 heterocycles. The fraction of sp³-hybridized carbons (Fsp3) is 0.400. The Bertz CT molecular complexity index is 459. The number of carbonyl (C=O) groups is 1. The van der Waals surface area contributed by atoms with E-state index >= 15 is 0 Å². The van der Waals surface area contributed by atoms with Crippen LogP contribution >= 0.6 is 0 Å². The zero-order valence-corrected chi connectivity index (χ0v) is 11.5. The smallest absolute Gasteiger partial charge is 0.325 e. The summed E-state index contributed by atoms with van der Waals surface area (Å²) >= 11 is 0. The Labute approximate surface area is 114 Å². The number of carboxylic acid groups (broad SMARTS) is 1. The molecule has 0 aliphatic carbocycles. The standard InChI is InChI=1S/C15H19NO3/c1-5-10-16(4)14(15(17)18)12-6-8-13(9-7-12)19-11(2)3/h1,6-9,11,14H,10H2,2-4H3,(H,17,18)/t14-/m1/s1. The van der Waals surface area contributed by atoms with E-state index in [0.29, 0.717) is 5.56 Å². The first kappa shape index (κ1) is 15.1. The highest BCUT2D eigenvalue weighted by atomic mass is 16.5. The molecule has 4 heteroatoms. The summed E-state index contributed by atoms with van der Waals surface area (Å²) in [5, 5.41) is 9.30. The van der Waals surface area contributed by atoms with E-state index in [1.54, 1.807) is 36.2 Å². The molecule has 0 spiro atoms. The van der Waals surface area contributed by atoms with Gasteiger partial charge >= 0.3 is 5.97 Å². The van der Waals surface area contributed by atoms with Crippen LogP contribution < -0.4 is 4.74 Å². The summed E-state index contributed by atoms with van der Waals surface area (Å²) in [7, 11) is 1.69. The summed E-state index contributed by atoms with van der Waals surface area (Å²) in [4.78, 5) is 12.9. The Balaban J connectivity index is 2.92. The van der Waals surface area contributed by atoms with E-state index in [0.717, 1.165) is 5.75 Å². The fourth-order valence-corrected chi connectivity index (χ4v) is 1.82. The largest absolute Gasteiger partial charge is 0.491 e. The highest BCUT2D eigenvalue weighted by Crippen LogP contribution is 2.22. The Kier molecular flexibility index (Phi) is 5.40. The lowest BCUT2D eigenvalue weighted by molar-refractivity contribution is -0.142. The second-order valence-corrected chi connectivity index (χ2v) is 4.60. The summed E-state index contributed by atoms with van der Waals surface area (Å²) in [6.45, 7) is 4.16. The van der Waals surface area contributed by atoms with Crippen LogP contribution in [-0.4, -0.2) is 35.7 Å². The Morgan fingerprint density at radius 2 is 2.00 bits per heavy atom. The lowest BCUT2D eigenvalue weighted by Gasteiger charge is -2.23. The second-order valence-electron chi connectivity index (χ2n) is 4.60. The van der Waals surface area contributed by atoms with Crippen molar-refractivity contribution in [1.82, 2.24) is 4.90 Å². The molecule has 0 saturated carbocycles. The van der Waals surface area contributed by atoms with Crippen LogP contribution in [0.5, 0.6) is 5.75 Å². The maximum Gasteiger partial charge on any atom is 0.325 e. The van der Waals surface area contributed by atoms with E-state index in [1.165, 1.54) is 0 Å². The van der Waals surface area contributed by atoms with Crippen LogP contribution in [0.1, 0.15) is 25.5 Å². The lowest BCUT2D eigenvalue weighted by Crippen LogP contribution is -2.31. The van der Waals surface area contributed by atoms with Gasteiger partial charge in [-0.05, 0) is 38.6 Å². The number of carboxylic acids is 1. The molecule has 1 aromatic carbocycles. The van der Waals surface area contributed by atoms with Crippen molar-refractivity contribution < 1.29 is 14.6 Å². The summed E-state index contributed by atoms with van der Waals surface area (Å²) in [5.74, 6) is 2.25. The first-order valence-electron chi connectivity index (χ1n) is 6.08. The molecule has 0 amide bonds. The van der Waals surface area contributed by atoms with Crippen molar-refractivity contribution in [2.75, 3.05) is 13.6 Å². The van der Waals surface area contributed by atoms with Crippen molar-refractivity contribution in [1.29, 1.82) is 0 Å². The third kappa shape index (κ3) is 4.31. The SMILES string of the molecule is C#CCN(C)[C@@H](C(=O)O)c1ccc(OC(C)C)cc1. The lowest BCUT2D eigenvalue weighted by atomic mass is 10.1. The number of ether oxygens (including phenoxy) is 1. The molecule has 0 unspecified atom stereocenters. The van der Waals surface area contributed by atoms with Gasteiger partial charge < -0.3 is 9.84 Å². The summed E-state index contributed by atoms with van der Waals surface area (Å²) in [5.41, 5.74) is 0.682. The predicted octanol–water partition coefficient (Wildman–Crippen LogP) is 2.16. The number of nitrogens with zero attached hydrogens (tertiary/aromatic N) is 1. The van der Waals surface area contributed by atoms with Crippen molar-refractivity contribution >= 4 is 5.97 Å². The number of benzene rings is 1. The van der Waals surface area contributed by atoms with Crippen LogP contribution in [-0.2, 0) is 4.79 Å². The molecule has 102 valence electrons. The van der Waals surface area contributed by atoms with Gasteiger partial charge in [-0.1, -0.05) is 18.1 Å². The molecule has 0 aromatic heterocycles. The highest BCUT2D eigenvalue weighted by Gasteiger charge is 2.24. The van der Waals surface area contributed by atoms with E-state index in [1.807, 2.05) is 13.8 Å². The predicted molar refractivity (Wildman–Crippen MR) is 74.0 cm³/mol. The van der Waals surface area contributed by atoms with Gasteiger partial charge in [0.15, 0.2) is 0 Å². The van der Waals surface area contributed by atoms with Crippen LogP contribution in [0.2, 0.25) is 0 Å². The molecule has 1 N–H and O–H groups in total. The molecule has 1 atom stereocenters. The number of aliphatic carboxylic acids is 1. The molecule has 4 nitrogen and oxygen atoms in total. The molecule has 1 rings (SSSR count). The zero-order valence-electron chi connectivity index (χ0n) is 11.5. The molecule has 0 radical (unpaired) electrons. The van der Waals surface area contributed by atoms with E-state index in [-0.39, 0.29) is 12.6 Å². The molecule has 0 aliphatic heterocycles. The van der Waals surface area contributed by atoms with Gasteiger partial charge in [0.25, 0.3) is 0 Å². The van der Waals surface area contributed by atoms with Crippen LogP contribution in [0.15, 0.2) is 24.3 Å². The van der Waals surface area contributed by atoms with E-state index in [4.69, 9.17) is 11.2 Å². The van der Waals surface area contributed by atoms with Crippen molar-refractivity contribution in [3.63, 3.8) is 0 Å². The number of hydrogen-bond donors (Lipinski definition) is 1. The Morgan fingerprint density at radius 1 is 1.42 bits per heavy atom. The van der Waals surface area contributed by atoms with Crippen molar-refractivity contribution in [3.05, 3.63) is 29.8 Å². The summed E-state index contributed by atoms with van der Waals surface area (Å²) < 4.78 is 5.52. The van der Waals surface area contributed by atoms with Gasteiger partial charge in [-0.3, -0.25) is 9.69 Å². The third-order valence-corrected chi connectivity index (χ3v) is 2.58. The summed E-state index contributed by atoms with van der Waals surface area (Å²) in [6.07, 6.45) is 5.31. The highest BCUT2D eigenvalue weighted by molar-refractivity contribution is 5.75. The van der Waals surface area contributed by atoms with E-state index < -0.39 is 12.0 Å². The van der Waals surface area contributed by atoms with Gasteiger partial charge in [0.05, 0.1) is 12.6 Å². The molecule has 0 bridgehead atoms. The van der Waals surface area contributed by atoms with Crippen LogP contribution in [0, 0.1) is 12.3 Å². The van der Waals surface area contributed by atoms with Gasteiger partial charge in [0, 0.05) is 0 Å².